The summed E-state index contributed by atoms with van der Waals surface area (Å²) in [7, 11) is 0. The third-order valence-corrected chi connectivity index (χ3v) is 2.95. The average Bonchev–Trinajstić information content (AvgIpc) is 2.84. The summed E-state index contributed by atoms with van der Waals surface area (Å²) in [5.41, 5.74) is 0.223. The lowest BCUT2D eigenvalue weighted by Crippen LogP contribution is -2.28. The van der Waals surface area contributed by atoms with Crippen molar-refractivity contribution in [2.75, 3.05) is 6.61 Å². The molecule has 0 amide bonds. The van der Waals surface area contributed by atoms with E-state index in [1.54, 1.807) is 6.07 Å². The molecule has 1 atom stereocenters. The van der Waals surface area contributed by atoms with Crippen molar-refractivity contribution in [3.05, 3.63) is 35.6 Å². The molecule has 2 rings (SSSR count). The zero-order valence-corrected chi connectivity index (χ0v) is 8.80. The maximum atomic E-state index is 13.6. The van der Waals surface area contributed by atoms with Crippen LogP contribution in [-0.4, -0.2) is 6.61 Å². The Kier molecular flexibility index (Phi) is 1.93. The molecule has 0 aromatic heterocycles. The van der Waals surface area contributed by atoms with Gasteiger partial charge in [0.25, 0.3) is 0 Å². The van der Waals surface area contributed by atoms with Crippen LogP contribution in [-0.2, 0) is 10.3 Å². The van der Waals surface area contributed by atoms with Crippen molar-refractivity contribution in [1.29, 1.82) is 0 Å². The van der Waals surface area contributed by atoms with Gasteiger partial charge in [-0.15, -0.1) is 0 Å². The maximum Gasteiger partial charge on any atom is 0.129 e. The molecule has 2 heteroatoms. The molecule has 0 radical (unpaired) electrons. The summed E-state index contributed by atoms with van der Waals surface area (Å²) in [6.07, 6.45) is 0. The monoisotopic (exact) mass is 194 g/mol. The fourth-order valence-electron chi connectivity index (χ4n) is 1.85. The Morgan fingerprint density at radius 1 is 1.29 bits per heavy atom. The summed E-state index contributed by atoms with van der Waals surface area (Å²) in [5.74, 6) is -0.167. The van der Waals surface area contributed by atoms with Gasteiger partial charge in [-0.3, -0.25) is 0 Å². The standard InChI is InChI=1S/C12H15FO/c1-11(2,3)12(8-14-12)9-6-4-5-7-10(9)13/h4-7H,8H2,1-3H3. The maximum absolute atomic E-state index is 13.6. The summed E-state index contributed by atoms with van der Waals surface area (Å²) in [6.45, 7) is 6.85. The van der Waals surface area contributed by atoms with Crippen molar-refractivity contribution in [2.24, 2.45) is 5.41 Å². The molecule has 1 aromatic carbocycles. The number of halogens is 1. The topological polar surface area (TPSA) is 12.5 Å². The highest BCUT2D eigenvalue weighted by Gasteiger charge is 2.56. The molecule has 1 aliphatic heterocycles. The molecule has 0 aliphatic carbocycles. The van der Waals surface area contributed by atoms with E-state index < -0.39 is 5.60 Å². The van der Waals surface area contributed by atoms with E-state index in [1.807, 2.05) is 12.1 Å². The first-order valence-electron chi connectivity index (χ1n) is 4.86. The summed E-state index contributed by atoms with van der Waals surface area (Å²) < 4.78 is 19.1. The van der Waals surface area contributed by atoms with Crippen molar-refractivity contribution >= 4 is 0 Å². The van der Waals surface area contributed by atoms with Gasteiger partial charge >= 0.3 is 0 Å². The summed E-state index contributed by atoms with van der Waals surface area (Å²) >= 11 is 0. The lowest BCUT2D eigenvalue weighted by Gasteiger charge is -2.28. The number of ether oxygens (including phenoxy) is 1. The molecular formula is C12H15FO. The molecule has 1 saturated heterocycles. The van der Waals surface area contributed by atoms with Crippen LogP contribution >= 0.6 is 0 Å². The zero-order valence-electron chi connectivity index (χ0n) is 8.80. The highest BCUT2D eigenvalue weighted by molar-refractivity contribution is 5.30. The number of epoxide rings is 1. The lowest BCUT2D eigenvalue weighted by atomic mass is 9.76. The molecule has 1 nitrogen and oxygen atoms in total. The SMILES string of the molecule is CC(C)(C)C1(c2ccccc2F)CO1. The number of benzene rings is 1. The molecule has 1 heterocycles. The van der Waals surface area contributed by atoms with E-state index >= 15 is 0 Å². The molecule has 0 spiro atoms. The van der Waals surface area contributed by atoms with Crippen LogP contribution in [0.5, 0.6) is 0 Å². The molecule has 1 unspecified atom stereocenters. The highest BCUT2D eigenvalue weighted by atomic mass is 19.1. The van der Waals surface area contributed by atoms with Crippen LogP contribution in [0.25, 0.3) is 0 Å². The van der Waals surface area contributed by atoms with Gasteiger partial charge in [0.05, 0.1) is 6.61 Å². The third kappa shape index (κ3) is 1.25. The molecule has 1 aliphatic rings. The summed E-state index contributed by atoms with van der Waals surface area (Å²) in [6, 6.07) is 6.86. The predicted octanol–water partition coefficient (Wildman–Crippen LogP) is 3.10. The van der Waals surface area contributed by atoms with Crippen molar-refractivity contribution in [1.82, 2.24) is 0 Å². The van der Waals surface area contributed by atoms with E-state index in [-0.39, 0.29) is 11.2 Å². The molecule has 76 valence electrons. The molecule has 1 fully saturated rings. The van der Waals surface area contributed by atoms with Crippen LogP contribution in [0, 0.1) is 11.2 Å². The van der Waals surface area contributed by atoms with Gasteiger partial charge in [0.15, 0.2) is 0 Å². The Bertz CT molecular complexity index is 348. The first-order valence-corrected chi connectivity index (χ1v) is 4.86. The normalized spacial score (nSPS) is 26.3. The fourth-order valence-corrected chi connectivity index (χ4v) is 1.85. The second-order valence-corrected chi connectivity index (χ2v) is 4.85. The Morgan fingerprint density at radius 2 is 1.86 bits per heavy atom. The summed E-state index contributed by atoms with van der Waals surface area (Å²) in [4.78, 5) is 0. The predicted molar refractivity (Wildman–Crippen MR) is 53.5 cm³/mol. The van der Waals surface area contributed by atoms with Gasteiger partial charge in [0.1, 0.15) is 11.4 Å². The molecule has 0 N–H and O–H groups in total. The van der Waals surface area contributed by atoms with E-state index in [2.05, 4.69) is 20.8 Å². The largest absolute Gasteiger partial charge is 0.364 e. The molecular weight excluding hydrogens is 179 g/mol. The smallest absolute Gasteiger partial charge is 0.129 e. The van der Waals surface area contributed by atoms with Gasteiger partial charge < -0.3 is 4.74 Å². The van der Waals surface area contributed by atoms with Gasteiger partial charge in [-0.1, -0.05) is 39.0 Å². The van der Waals surface area contributed by atoms with Crippen molar-refractivity contribution < 1.29 is 9.13 Å². The first kappa shape index (κ1) is 9.66. The molecule has 1 aromatic rings. The van der Waals surface area contributed by atoms with Gasteiger partial charge in [0.2, 0.25) is 0 Å². The Hall–Kier alpha value is -0.890. The molecule has 0 bridgehead atoms. The highest BCUT2D eigenvalue weighted by Crippen LogP contribution is 2.52. The van der Waals surface area contributed by atoms with E-state index in [9.17, 15) is 4.39 Å². The van der Waals surface area contributed by atoms with E-state index in [0.29, 0.717) is 12.2 Å². The molecule has 14 heavy (non-hydrogen) atoms. The van der Waals surface area contributed by atoms with Crippen LogP contribution < -0.4 is 0 Å². The number of rotatable bonds is 1. The quantitative estimate of drug-likeness (QED) is 0.626. The minimum absolute atomic E-state index is 0.0603. The second-order valence-electron chi connectivity index (χ2n) is 4.85. The third-order valence-electron chi connectivity index (χ3n) is 2.95. The first-order chi connectivity index (χ1) is 6.47. The van der Waals surface area contributed by atoms with Crippen LogP contribution in [0.1, 0.15) is 26.3 Å². The Balaban J connectivity index is 2.46. The van der Waals surface area contributed by atoms with Gasteiger partial charge in [0, 0.05) is 5.56 Å². The minimum atomic E-state index is -0.404. The Labute approximate surface area is 83.9 Å². The van der Waals surface area contributed by atoms with Gasteiger partial charge in [-0.05, 0) is 11.5 Å². The van der Waals surface area contributed by atoms with Crippen molar-refractivity contribution in [3.63, 3.8) is 0 Å². The summed E-state index contributed by atoms with van der Waals surface area (Å²) in [5, 5.41) is 0. The second kappa shape index (κ2) is 2.80. The van der Waals surface area contributed by atoms with E-state index in [1.165, 1.54) is 6.07 Å². The van der Waals surface area contributed by atoms with E-state index in [4.69, 9.17) is 4.74 Å². The number of hydrogen-bond donors (Lipinski definition) is 0. The number of hydrogen-bond acceptors (Lipinski definition) is 1. The van der Waals surface area contributed by atoms with Crippen LogP contribution in [0.4, 0.5) is 4.39 Å². The fraction of sp³-hybridized carbons (Fsp3) is 0.500. The Morgan fingerprint density at radius 3 is 2.29 bits per heavy atom. The van der Waals surface area contributed by atoms with Crippen LogP contribution in [0.3, 0.4) is 0 Å². The molecule has 0 saturated carbocycles. The van der Waals surface area contributed by atoms with Crippen molar-refractivity contribution in [2.45, 2.75) is 26.4 Å². The van der Waals surface area contributed by atoms with Gasteiger partial charge in [-0.2, -0.15) is 0 Å². The lowest BCUT2D eigenvalue weighted by molar-refractivity contribution is 0.151. The van der Waals surface area contributed by atoms with Crippen LogP contribution in [0.2, 0.25) is 0 Å². The average molecular weight is 194 g/mol. The minimum Gasteiger partial charge on any atom is -0.364 e. The van der Waals surface area contributed by atoms with Crippen molar-refractivity contribution in [3.8, 4) is 0 Å². The zero-order chi connectivity index (χ0) is 10.4. The van der Waals surface area contributed by atoms with E-state index in [0.717, 1.165) is 0 Å². The van der Waals surface area contributed by atoms with Gasteiger partial charge in [-0.25, -0.2) is 4.39 Å². The van der Waals surface area contributed by atoms with Crippen LogP contribution in [0.15, 0.2) is 24.3 Å².